The van der Waals surface area contributed by atoms with Gasteiger partial charge in [-0.1, -0.05) is 53.2 Å². The Morgan fingerprint density at radius 1 is 1.03 bits per heavy atom. The maximum atomic E-state index is 12.5. The van der Waals surface area contributed by atoms with Gasteiger partial charge in [0, 0.05) is 32.7 Å². The van der Waals surface area contributed by atoms with Crippen molar-refractivity contribution in [3.05, 3.63) is 29.8 Å². The van der Waals surface area contributed by atoms with Gasteiger partial charge in [-0.25, -0.2) is 0 Å². The predicted octanol–water partition coefficient (Wildman–Crippen LogP) is 7.73. The lowest BCUT2D eigenvalue weighted by atomic mass is 9.90. The number of methoxy groups -OCH3 is 2. The summed E-state index contributed by atoms with van der Waals surface area (Å²) in [5.74, 6) is 1.53. The molecule has 0 radical (unpaired) electrons. The minimum Gasteiger partial charge on any atom is -0.497 e. The van der Waals surface area contributed by atoms with E-state index in [4.69, 9.17) is 23.4 Å². The zero-order chi connectivity index (χ0) is 29.1. The fourth-order valence-electron chi connectivity index (χ4n) is 5.11. The smallest absolute Gasteiger partial charge is 0.192 e. The first-order valence-electron chi connectivity index (χ1n) is 14.9. The van der Waals surface area contributed by atoms with Crippen LogP contribution in [0.5, 0.6) is 5.75 Å². The molecule has 7 heteroatoms. The predicted molar refractivity (Wildman–Crippen MR) is 161 cm³/mol. The lowest BCUT2D eigenvalue weighted by Crippen LogP contribution is -2.44. The topological polar surface area (TPSA) is 63.2 Å². The zero-order valence-electron chi connectivity index (χ0n) is 26.2. The Morgan fingerprint density at radius 3 is 2.28 bits per heavy atom. The van der Waals surface area contributed by atoms with Crippen molar-refractivity contribution in [1.82, 2.24) is 0 Å². The average Bonchev–Trinajstić information content (AvgIpc) is 2.85. The van der Waals surface area contributed by atoms with Crippen LogP contribution < -0.4 is 4.74 Å². The monoisotopic (exact) mass is 564 g/mol. The second-order valence-corrected chi connectivity index (χ2v) is 17.7. The molecule has 0 amide bonds. The molecular formula is C32H56O6Si. The Kier molecular flexibility index (Phi) is 14.2. The highest BCUT2D eigenvalue weighted by atomic mass is 28.4. The molecule has 0 aliphatic carbocycles. The fourth-order valence-corrected chi connectivity index (χ4v) is 6.51. The first kappa shape index (κ1) is 34.0. The SMILES string of the molecule is CCC[C@@H](C[C@H](C[C@@H](C)C[C@@H]1CC(=O)C[C@H](CCOCc2ccc(OC)cc2)O1)OC)O[Si](C)(C)C(C)(C)C. The van der Waals surface area contributed by atoms with E-state index >= 15 is 0 Å². The minimum atomic E-state index is -1.84. The summed E-state index contributed by atoms with van der Waals surface area (Å²) in [4.78, 5) is 12.5. The highest BCUT2D eigenvalue weighted by molar-refractivity contribution is 6.74. The quantitative estimate of drug-likeness (QED) is 0.142. The molecule has 6 nitrogen and oxygen atoms in total. The number of hydrogen-bond donors (Lipinski definition) is 0. The molecule has 1 aromatic rings. The van der Waals surface area contributed by atoms with Crippen LogP contribution in [0.3, 0.4) is 0 Å². The van der Waals surface area contributed by atoms with Gasteiger partial charge in [0.05, 0.1) is 32.0 Å². The molecule has 1 saturated heterocycles. The number of Topliss-reactive ketones (excluding diaryl/α,β-unsaturated/α-hetero) is 1. The molecule has 0 bridgehead atoms. The third-order valence-corrected chi connectivity index (χ3v) is 12.9. The molecule has 5 atom stereocenters. The van der Waals surface area contributed by atoms with Gasteiger partial charge in [-0.2, -0.15) is 0 Å². The van der Waals surface area contributed by atoms with E-state index in [-0.39, 0.29) is 29.5 Å². The highest BCUT2D eigenvalue weighted by Gasteiger charge is 2.39. The Morgan fingerprint density at radius 2 is 1.69 bits per heavy atom. The summed E-state index contributed by atoms with van der Waals surface area (Å²) in [6.45, 7) is 17.1. The van der Waals surface area contributed by atoms with Crippen LogP contribution in [-0.2, 0) is 30.0 Å². The maximum absolute atomic E-state index is 12.5. The van der Waals surface area contributed by atoms with E-state index in [9.17, 15) is 4.79 Å². The molecule has 0 N–H and O–H groups in total. The van der Waals surface area contributed by atoms with Gasteiger partial charge < -0.3 is 23.4 Å². The lowest BCUT2D eigenvalue weighted by Gasteiger charge is -2.40. The summed E-state index contributed by atoms with van der Waals surface area (Å²) in [7, 11) is 1.64. The summed E-state index contributed by atoms with van der Waals surface area (Å²) in [6, 6.07) is 7.89. The third-order valence-electron chi connectivity index (χ3n) is 8.38. The van der Waals surface area contributed by atoms with Crippen molar-refractivity contribution in [1.29, 1.82) is 0 Å². The number of carbonyl (C=O) groups excluding carboxylic acids is 1. The molecule has 0 unspecified atom stereocenters. The fraction of sp³-hybridized carbons (Fsp3) is 0.781. The van der Waals surface area contributed by atoms with Crippen molar-refractivity contribution in [3.8, 4) is 5.75 Å². The number of hydrogen-bond acceptors (Lipinski definition) is 6. The van der Waals surface area contributed by atoms with Crippen molar-refractivity contribution in [2.75, 3.05) is 20.8 Å². The van der Waals surface area contributed by atoms with Gasteiger partial charge in [-0.3, -0.25) is 4.79 Å². The van der Waals surface area contributed by atoms with Crippen molar-refractivity contribution < 1.29 is 28.2 Å². The summed E-state index contributed by atoms with van der Waals surface area (Å²) in [6.07, 6.45) is 6.90. The van der Waals surface area contributed by atoms with Crippen LogP contribution in [0.2, 0.25) is 18.1 Å². The summed E-state index contributed by atoms with van der Waals surface area (Å²) in [5, 5.41) is 0.191. The molecule has 224 valence electrons. The van der Waals surface area contributed by atoms with Gasteiger partial charge in [0.1, 0.15) is 11.5 Å². The molecule has 0 aromatic heterocycles. The third kappa shape index (κ3) is 12.0. The van der Waals surface area contributed by atoms with E-state index in [1.54, 1.807) is 7.11 Å². The molecule has 1 fully saturated rings. The first-order chi connectivity index (χ1) is 18.4. The van der Waals surface area contributed by atoms with Crippen LogP contribution in [0.4, 0.5) is 0 Å². The molecule has 39 heavy (non-hydrogen) atoms. The van der Waals surface area contributed by atoms with Gasteiger partial charge in [-0.15, -0.1) is 0 Å². The molecule has 2 rings (SSSR count). The Hall–Kier alpha value is -1.25. The lowest BCUT2D eigenvalue weighted by molar-refractivity contribution is -0.138. The Balaban J connectivity index is 1.81. The number of benzene rings is 1. The van der Waals surface area contributed by atoms with Crippen LogP contribution in [0.15, 0.2) is 24.3 Å². The standard InChI is InChI=1S/C32H56O6Si/c1-10-11-29(38-39(8,9)32(3,4)5)22-30(35-7)18-24(2)19-31-21-26(33)20-28(37-31)16-17-36-23-25-12-14-27(34-6)15-13-25/h12-15,24,28-31H,10-11,16-23H2,1-9H3/t24-,28+,29+,30+,31-/m1/s1. The molecule has 1 aliphatic heterocycles. The van der Waals surface area contributed by atoms with Crippen LogP contribution in [0.1, 0.15) is 91.5 Å². The van der Waals surface area contributed by atoms with E-state index in [1.807, 2.05) is 31.4 Å². The highest BCUT2D eigenvalue weighted by Crippen LogP contribution is 2.38. The van der Waals surface area contributed by atoms with Crippen LogP contribution in [-0.4, -0.2) is 59.3 Å². The summed E-state index contributed by atoms with van der Waals surface area (Å²) >= 11 is 0. The number of ether oxygens (including phenoxy) is 4. The molecule has 1 heterocycles. The number of ketones is 1. The van der Waals surface area contributed by atoms with E-state index in [0.717, 1.165) is 49.8 Å². The van der Waals surface area contributed by atoms with Gasteiger partial charge in [-0.05, 0) is 73.9 Å². The number of carbonyl (C=O) groups is 1. The molecule has 1 aromatic carbocycles. The van der Waals surface area contributed by atoms with E-state index in [2.05, 4.69) is 47.7 Å². The normalized spacial score (nSPS) is 21.0. The summed E-state index contributed by atoms with van der Waals surface area (Å²) in [5.41, 5.74) is 1.10. The second-order valence-electron chi connectivity index (χ2n) is 13.0. The van der Waals surface area contributed by atoms with Crippen molar-refractivity contribution in [2.45, 2.75) is 135 Å². The Bertz CT molecular complexity index is 834. The zero-order valence-corrected chi connectivity index (χ0v) is 27.2. The molecule has 0 saturated carbocycles. The van der Waals surface area contributed by atoms with Crippen molar-refractivity contribution >= 4 is 14.1 Å². The largest absolute Gasteiger partial charge is 0.497 e. The first-order valence-corrected chi connectivity index (χ1v) is 17.9. The van der Waals surface area contributed by atoms with E-state index in [1.165, 1.54) is 0 Å². The van der Waals surface area contributed by atoms with E-state index < -0.39 is 8.32 Å². The van der Waals surface area contributed by atoms with Crippen molar-refractivity contribution in [2.24, 2.45) is 5.92 Å². The van der Waals surface area contributed by atoms with Gasteiger partial charge in [0.25, 0.3) is 0 Å². The molecular weight excluding hydrogens is 508 g/mol. The second kappa shape index (κ2) is 16.3. The summed E-state index contributed by atoms with van der Waals surface area (Å²) < 4.78 is 30.2. The van der Waals surface area contributed by atoms with Gasteiger partial charge >= 0.3 is 0 Å². The van der Waals surface area contributed by atoms with Crippen LogP contribution in [0, 0.1) is 5.92 Å². The Labute approximate surface area is 239 Å². The molecule has 0 spiro atoms. The van der Waals surface area contributed by atoms with Crippen LogP contribution >= 0.6 is 0 Å². The average molecular weight is 565 g/mol. The van der Waals surface area contributed by atoms with Gasteiger partial charge in [0.2, 0.25) is 0 Å². The van der Waals surface area contributed by atoms with Crippen LogP contribution in [0.25, 0.3) is 0 Å². The number of rotatable bonds is 17. The van der Waals surface area contributed by atoms with Gasteiger partial charge in [0.15, 0.2) is 8.32 Å². The van der Waals surface area contributed by atoms with Crippen molar-refractivity contribution in [3.63, 3.8) is 0 Å². The molecule has 1 aliphatic rings. The van der Waals surface area contributed by atoms with E-state index in [0.29, 0.717) is 37.8 Å². The minimum absolute atomic E-state index is 0.0275. The maximum Gasteiger partial charge on any atom is 0.192 e.